The van der Waals surface area contributed by atoms with Crippen molar-refractivity contribution < 1.29 is 0 Å². The fourth-order valence-electron chi connectivity index (χ4n) is 1.41. The molecule has 3 heteroatoms. The van der Waals surface area contributed by atoms with E-state index < -0.39 is 0 Å². The Bertz CT molecular complexity index is 434. The summed E-state index contributed by atoms with van der Waals surface area (Å²) in [6.07, 6.45) is 0.896. The van der Waals surface area contributed by atoms with Crippen molar-refractivity contribution >= 4 is 11.3 Å². The Morgan fingerprint density at radius 3 is 2.71 bits per heavy atom. The lowest BCUT2D eigenvalue weighted by atomic mass is 10.1. The highest BCUT2D eigenvalue weighted by molar-refractivity contribution is 7.11. The first-order valence-electron chi connectivity index (χ1n) is 4.58. The molecule has 14 heavy (non-hydrogen) atoms. The summed E-state index contributed by atoms with van der Waals surface area (Å²) >= 11 is 1.67. The summed E-state index contributed by atoms with van der Waals surface area (Å²) < 4.78 is 0. The predicted octanol–water partition coefficient (Wildman–Crippen LogP) is 2.75. The largest absolute Gasteiger partial charge is 0.144 e. The van der Waals surface area contributed by atoms with E-state index in [9.17, 15) is 0 Å². The Hall–Kier alpha value is -1.22. The first kappa shape index (κ1) is 9.34. The van der Waals surface area contributed by atoms with Gasteiger partial charge in [0.15, 0.2) is 0 Å². The normalized spacial score (nSPS) is 10.4. The third kappa shape index (κ3) is 2.17. The monoisotopic (exact) mass is 204 g/mol. The third-order valence-electron chi connectivity index (χ3n) is 2.01. The van der Waals surface area contributed by atoms with Gasteiger partial charge in [-0.1, -0.05) is 29.8 Å². The van der Waals surface area contributed by atoms with Gasteiger partial charge in [0.25, 0.3) is 0 Å². The van der Waals surface area contributed by atoms with E-state index in [1.54, 1.807) is 11.3 Å². The standard InChI is InChI=1S/C11H12N2S/c1-8-4-3-5-10(6-8)7-11-13-12-9(2)14-11/h3-6H,7H2,1-2H3. The van der Waals surface area contributed by atoms with Crippen LogP contribution in [0.25, 0.3) is 0 Å². The number of benzene rings is 1. The smallest absolute Gasteiger partial charge is 0.121 e. The van der Waals surface area contributed by atoms with Crippen LogP contribution in [0.5, 0.6) is 0 Å². The lowest BCUT2D eigenvalue weighted by molar-refractivity contribution is 0.981. The SMILES string of the molecule is Cc1cccc(Cc2nnc(C)s2)c1. The summed E-state index contributed by atoms with van der Waals surface area (Å²) in [4.78, 5) is 0. The quantitative estimate of drug-likeness (QED) is 0.751. The number of aromatic nitrogens is 2. The molecule has 2 nitrogen and oxygen atoms in total. The van der Waals surface area contributed by atoms with Crippen LogP contribution in [0.2, 0.25) is 0 Å². The fourth-order valence-corrected chi connectivity index (χ4v) is 2.15. The Morgan fingerprint density at radius 1 is 1.21 bits per heavy atom. The summed E-state index contributed by atoms with van der Waals surface area (Å²) in [7, 11) is 0. The molecule has 72 valence electrons. The maximum absolute atomic E-state index is 4.11. The average Bonchev–Trinajstić information content (AvgIpc) is 2.51. The molecule has 0 saturated heterocycles. The van der Waals surface area contributed by atoms with Crippen LogP contribution in [0, 0.1) is 13.8 Å². The van der Waals surface area contributed by atoms with E-state index in [0.717, 1.165) is 16.4 Å². The van der Waals surface area contributed by atoms with E-state index in [1.807, 2.05) is 6.92 Å². The van der Waals surface area contributed by atoms with Crippen molar-refractivity contribution in [3.05, 3.63) is 45.4 Å². The Morgan fingerprint density at radius 2 is 2.07 bits per heavy atom. The van der Waals surface area contributed by atoms with Gasteiger partial charge in [0, 0.05) is 6.42 Å². The molecule has 0 amide bonds. The number of aryl methyl sites for hydroxylation is 2. The highest BCUT2D eigenvalue weighted by atomic mass is 32.1. The molecule has 0 radical (unpaired) electrons. The topological polar surface area (TPSA) is 25.8 Å². The zero-order chi connectivity index (χ0) is 9.97. The van der Waals surface area contributed by atoms with E-state index in [1.165, 1.54) is 11.1 Å². The van der Waals surface area contributed by atoms with Crippen molar-refractivity contribution in [2.75, 3.05) is 0 Å². The van der Waals surface area contributed by atoms with E-state index in [-0.39, 0.29) is 0 Å². The molecule has 1 aromatic carbocycles. The number of hydrogen-bond donors (Lipinski definition) is 0. The molecule has 0 fully saturated rings. The van der Waals surface area contributed by atoms with Gasteiger partial charge in [0.1, 0.15) is 10.0 Å². The number of rotatable bonds is 2. The molecule has 0 aliphatic heterocycles. The first-order chi connectivity index (χ1) is 6.74. The molecule has 2 rings (SSSR count). The second-order valence-corrected chi connectivity index (χ2v) is 4.65. The summed E-state index contributed by atoms with van der Waals surface area (Å²) in [5, 5.41) is 10.2. The molecular weight excluding hydrogens is 192 g/mol. The average molecular weight is 204 g/mol. The molecule has 1 heterocycles. The summed E-state index contributed by atoms with van der Waals surface area (Å²) in [5.74, 6) is 0. The van der Waals surface area contributed by atoms with Crippen molar-refractivity contribution in [1.29, 1.82) is 0 Å². The Kier molecular flexibility index (Phi) is 2.59. The van der Waals surface area contributed by atoms with E-state index in [2.05, 4.69) is 41.4 Å². The molecule has 1 aromatic heterocycles. The van der Waals surface area contributed by atoms with Gasteiger partial charge in [0.2, 0.25) is 0 Å². The van der Waals surface area contributed by atoms with Gasteiger partial charge in [-0.25, -0.2) is 0 Å². The zero-order valence-electron chi connectivity index (χ0n) is 8.32. The minimum absolute atomic E-state index is 0.896. The van der Waals surface area contributed by atoms with Crippen molar-refractivity contribution in [1.82, 2.24) is 10.2 Å². The molecule has 0 saturated carbocycles. The van der Waals surface area contributed by atoms with Crippen LogP contribution < -0.4 is 0 Å². The van der Waals surface area contributed by atoms with E-state index in [0.29, 0.717) is 0 Å². The molecule has 0 spiro atoms. The van der Waals surface area contributed by atoms with Crippen LogP contribution >= 0.6 is 11.3 Å². The minimum atomic E-state index is 0.896. The van der Waals surface area contributed by atoms with Gasteiger partial charge in [-0.15, -0.1) is 21.5 Å². The fraction of sp³-hybridized carbons (Fsp3) is 0.273. The molecule has 0 atom stereocenters. The van der Waals surface area contributed by atoms with Crippen LogP contribution in [0.4, 0.5) is 0 Å². The zero-order valence-corrected chi connectivity index (χ0v) is 9.14. The third-order valence-corrected chi connectivity index (χ3v) is 2.84. The van der Waals surface area contributed by atoms with E-state index >= 15 is 0 Å². The summed E-state index contributed by atoms with van der Waals surface area (Å²) in [6.45, 7) is 4.09. The second-order valence-electron chi connectivity index (χ2n) is 3.38. The number of nitrogens with zero attached hydrogens (tertiary/aromatic N) is 2. The van der Waals surface area contributed by atoms with Crippen molar-refractivity contribution in [2.45, 2.75) is 20.3 Å². The highest BCUT2D eigenvalue weighted by Crippen LogP contribution is 2.14. The second kappa shape index (κ2) is 3.88. The first-order valence-corrected chi connectivity index (χ1v) is 5.40. The molecule has 2 aromatic rings. The van der Waals surface area contributed by atoms with Gasteiger partial charge in [-0.05, 0) is 19.4 Å². The summed E-state index contributed by atoms with van der Waals surface area (Å²) in [5.41, 5.74) is 2.60. The van der Waals surface area contributed by atoms with Crippen molar-refractivity contribution in [3.8, 4) is 0 Å². The highest BCUT2D eigenvalue weighted by Gasteiger charge is 2.01. The number of hydrogen-bond acceptors (Lipinski definition) is 3. The van der Waals surface area contributed by atoms with Crippen LogP contribution in [0.15, 0.2) is 24.3 Å². The Labute approximate surface area is 87.6 Å². The molecule has 0 bridgehead atoms. The Balaban J connectivity index is 2.18. The lowest BCUT2D eigenvalue weighted by Gasteiger charge is -1.98. The summed E-state index contributed by atoms with van der Waals surface area (Å²) in [6, 6.07) is 8.51. The van der Waals surface area contributed by atoms with Gasteiger partial charge in [-0.2, -0.15) is 0 Å². The maximum atomic E-state index is 4.11. The molecular formula is C11H12N2S. The van der Waals surface area contributed by atoms with Crippen LogP contribution in [0.3, 0.4) is 0 Å². The molecule has 0 aliphatic carbocycles. The van der Waals surface area contributed by atoms with Crippen LogP contribution in [0.1, 0.15) is 21.1 Å². The van der Waals surface area contributed by atoms with Gasteiger partial charge >= 0.3 is 0 Å². The van der Waals surface area contributed by atoms with Gasteiger partial charge < -0.3 is 0 Å². The lowest BCUT2D eigenvalue weighted by Crippen LogP contribution is -1.87. The molecule has 0 unspecified atom stereocenters. The van der Waals surface area contributed by atoms with Crippen molar-refractivity contribution in [2.24, 2.45) is 0 Å². The van der Waals surface area contributed by atoms with Crippen LogP contribution in [-0.2, 0) is 6.42 Å². The molecule has 0 aliphatic rings. The predicted molar refractivity (Wildman–Crippen MR) is 58.6 cm³/mol. The van der Waals surface area contributed by atoms with Crippen LogP contribution in [-0.4, -0.2) is 10.2 Å². The molecule has 0 N–H and O–H groups in total. The van der Waals surface area contributed by atoms with Crippen molar-refractivity contribution in [3.63, 3.8) is 0 Å². The maximum Gasteiger partial charge on any atom is 0.121 e. The minimum Gasteiger partial charge on any atom is -0.144 e. The van der Waals surface area contributed by atoms with E-state index in [4.69, 9.17) is 0 Å². The van der Waals surface area contributed by atoms with Gasteiger partial charge in [0.05, 0.1) is 0 Å². The van der Waals surface area contributed by atoms with Gasteiger partial charge in [-0.3, -0.25) is 0 Å².